The molecule has 3 rings (SSSR count). The van der Waals surface area contributed by atoms with Crippen molar-refractivity contribution < 1.29 is 17.9 Å². The van der Waals surface area contributed by atoms with E-state index < -0.39 is 10.0 Å². The van der Waals surface area contributed by atoms with Crippen molar-refractivity contribution >= 4 is 10.0 Å². The van der Waals surface area contributed by atoms with Gasteiger partial charge in [-0.05, 0) is 57.0 Å². The van der Waals surface area contributed by atoms with E-state index in [9.17, 15) is 8.42 Å². The number of rotatable bonds is 8. The third kappa shape index (κ3) is 4.02. The van der Waals surface area contributed by atoms with Crippen LogP contribution in [0.4, 0.5) is 0 Å². The maximum atomic E-state index is 12.6. The molecule has 2 aromatic carbocycles. The summed E-state index contributed by atoms with van der Waals surface area (Å²) in [6, 6.07) is 14.3. The summed E-state index contributed by atoms with van der Waals surface area (Å²) in [6.07, 6.45) is 1.93. The van der Waals surface area contributed by atoms with Crippen molar-refractivity contribution in [1.29, 1.82) is 0 Å². The molecule has 0 aromatic heterocycles. The van der Waals surface area contributed by atoms with Crippen molar-refractivity contribution in [1.82, 2.24) is 4.72 Å². The van der Waals surface area contributed by atoms with Gasteiger partial charge in [0.05, 0.1) is 18.1 Å². The molecule has 0 heterocycles. The highest BCUT2D eigenvalue weighted by atomic mass is 32.2. The first-order valence-corrected chi connectivity index (χ1v) is 10.2. The summed E-state index contributed by atoms with van der Waals surface area (Å²) < 4.78 is 39.1. The average Bonchev–Trinajstić information content (AvgIpc) is 3.41. The molecule has 0 unspecified atom stereocenters. The molecule has 0 amide bonds. The highest BCUT2D eigenvalue weighted by Gasteiger charge is 2.46. The topological polar surface area (TPSA) is 64.6 Å². The van der Waals surface area contributed by atoms with Crippen molar-refractivity contribution in [3.63, 3.8) is 0 Å². The van der Waals surface area contributed by atoms with E-state index in [0.29, 0.717) is 12.3 Å². The molecule has 0 radical (unpaired) electrons. The summed E-state index contributed by atoms with van der Waals surface area (Å²) in [6.45, 7) is 4.22. The van der Waals surface area contributed by atoms with Gasteiger partial charge in [-0.2, -0.15) is 0 Å². The van der Waals surface area contributed by atoms with Gasteiger partial charge >= 0.3 is 0 Å². The first kappa shape index (κ1) is 18.7. The van der Waals surface area contributed by atoms with Crippen LogP contribution in [0.25, 0.3) is 0 Å². The molecule has 1 N–H and O–H groups in total. The Morgan fingerprint density at radius 3 is 2.31 bits per heavy atom. The number of para-hydroxylation sites is 1. The molecule has 1 saturated carbocycles. The van der Waals surface area contributed by atoms with Crippen LogP contribution in [0.15, 0.2) is 53.4 Å². The zero-order valence-corrected chi connectivity index (χ0v) is 16.2. The Hall–Kier alpha value is -2.05. The minimum absolute atomic E-state index is 0.0474. The van der Waals surface area contributed by atoms with Gasteiger partial charge in [0.15, 0.2) is 0 Å². The fourth-order valence-electron chi connectivity index (χ4n) is 3.06. The maximum absolute atomic E-state index is 12.6. The Morgan fingerprint density at radius 1 is 1.08 bits per heavy atom. The number of benzene rings is 2. The van der Waals surface area contributed by atoms with Crippen LogP contribution < -0.4 is 14.2 Å². The number of sulfonamides is 1. The normalized spacial score (nSPS) is 15.7. The van der Waals surface area contributed by atoms with Crippen LogP contribution in [0.1, 0.15) is 32.3 Å². The fraction of sp³-hybridized carbons (Fsp3) is 0.400. The SMILES string of the molecule is COc1ccccc1C1(CNS(=O)(=O)c2ccc(OC(C)C)cc2)CC1. The van der Waals surface area contributed by atoms with Crippen molar-refractivity contribution in [3.8, 4) is 11.5 Å². The summed E-state index contributed by atoms with van der Waals surface area (Å²) in [4.78, 5) is 0.240. The lowest BCUT2D eigenvalue weighted by molar-refractivity contribution is 0.242. The molecule has 2 aromatic rings. The summed E-state index contributed by atoms with van der Waals surface area (Å²) >= 11 is 0. The van der Waals surface area contributed by atoms with Gasteiger partial charge in [-0.25, -0.2) is 13.1 Å². The van der Waals surface area contributed by atoms with Crippen molar-refractivity contribution in [2.75, 3.05) is 13.7 Å². The van der Waals surface area contributed by atoms with Crippen LogP contribution >= 0.6 is 0 Å². The van der Waals surface area contributed by atoms with E-state index in [2.05, 4.69) is 4.72 Å². The number of hydrogen-bond donors (Lipinski definition) is 1. The smallest absolute Gasteiger partial charge is 0.240 e. The Kier molecular flexibility index (Phi) is 5.25. The molecule has 140 valence electrons. The Bertz CT molecular complexity index is 856. The van der Waals surface area contributed by atoms with Gasteiger partial charge in [-0.15, -0.1) is 0 Å². The van der Waals surface area contributed by atoms with Crippen LogP contribution in [0.2, 0.25) is 0 Å². The van der Waals surface area contributed by atoms with Gasteiger partial charge in [0, 0.05) is 17.5 Å². The van der Waals surface area contributed by atoms with Gasteiger partial charge in [-0.3, -0.25) is 0 Å². The average molecular weight is 375 g/mol. The van der Waals surface area contributed by atoms with E-state index in [0.717, 1.165) is 24.2 Å². The van der Waals surface area contributed by atoms with E-state index in [-0.39, 0.29) is 16.4 Å². The minimum atomic E-state index is -3.57. The van der Waals surface area contributed by atoms with Crippen LogP contribution in [0.5, 0.6) is 11.5 Å². The molecule has 0 bridgehead atoms. The summed E-state index contributed by atoms with van der Waals surface area (Å²) in [5.74, 6) is 1.46. The molecule has 1 aliphatic rings. The molecule has 6 heteroatoms. The fourth-order valence-corrected chi connectivity index (χ4v) is 4.19. The predicted octanol–water partition coefficient (Wildman–Crippen LogP) is 3.49. The van der Waals surface area contributed by atoms with Crippen LogP contribution in [0.3, 0.4) is 0 Å². The number of ether oxygens (including phenoxy) is 2. The minimum Gasteiger partial charge on any atom is -0.496 e. The second-order valence-corrected chi connectivity index (χ2v) is 8.71. The number of hydrogen-bond acceptors (Lipinski definition) is 4. The van der Waals surface area contributed by atoms with Gasteiger partial charge in [0.1, 0.15) is 11.5 Å². The van der Waals surface area contributed by atoms with E-state index in [1.807, 2.05) is 38.1 Å². The molecule has 0 spiro atoms. The molecule has 26 heavy (non-hydrogen) atoms. The first-order valence-electron chi connectivity index (χ1n) is 8.76. The zero-order chi connectivity index (χ0) is 18.8. The molecule has 5 nitrogen and oxygen atoms in total. The van der Waals surface area contributed by atoms with E-state index in [4.69, 9.17) is 9.47 Å². The molecule has 0 saturated heterocycles. The largest absolute Gasteiger partial charge is 0.496 e. The molecule has 0 atom stereocenters. The molecular formula is C20H25NO4S. The van der Waals surface area contributed by atoms with Crippen LogP contribution in [-0.2, 0) is 15.4 Å². The van der Waals surface area contributed by atoms with Crippen molar-refractivity contribution in [2.45, 2.75) is 43.1 Å². The van der Waals surface area contributed by atoms with E-state index in [1.54, 1.807) is 31.4 Å². The number of methoxy groups -OCH3 is 1. The Balaban J connectivity index is 1.72. The van der Waals surface area contributed by atoms with E-state index in [1.165, 1.54) is 0 Å². The van der Waals surface area contributed by atoms with E-state index >= 15 is 0 Å². The lowest BCUT2D eigenvalue weighted by Gasteiger charge is -2.19. The van der Waals surface area contributed by atoms with Crippen LogP contribution in [-0.4, -0.2) is 28.2 Å². The first-order chi connectivity index (χ1) is 12.4. The zero-order valence-electron chi connectivity index (χ0n) is 15.4. The van der Waals surface area contributed by atoms with Gasteiger partial charge in [0.2, 0.25) is 10.0 Å². The third-order valence-corrected chi connectivity index (χ3v) is 6.06. The monoisotopic (exact) mass is 375 g/mol. The maximum Gasteiger partial charge on any atom is 0.240 e. The van der Waals surface area contributed by atoms with Gasteiger partial charge < -0.3 is 9.47 Å². The third-order valence-electron chi connectivity index (χ3n) is 4.64. The quantitative estimate of drug-likeness (QED) is 0.767. The second kappa shape index (κ2) is 7.29. The summed E-state index contributed by atoms with van der Waals surface area (Å²) in [5.41, 5.74) is 0.881. The molecule has 1 fully saturated rings. The lowest BCUT2D eigenvalue weighted by Crippen LogP contribution is -2.32. The molecule has 0 aliphatic heterocycles. The standard InChI is InChI=1S/C20H25NO4S/c1-15(2)25-16-8-10-17(11-9-16)26(22,23)21-14-20(12-13-20)18-6-4-5-7-19(18)24-3/h4-11,15,21H,12-14H2,1-3H3. The predicted molar refractivity (Wildman–Crippen MR) is 101 cm³/mol. The summed E-state index contributed by atoms with van der Waals surface area (Å²) in [5, 5.41) is 0. The number of nitrogens with one attached hydrogen (secondary N) is 1. The summed E-state index contributed by atoms with van der Waals surface area (Å²) in [7, 11) is -1.93. The van der Waals surface area contributed by atoms with Gasteiger partial charge in [0.25, 0.3) is 0 Å². The highest BCUT2D eigenvalue weighted by Crippen LogP contribution is 2.50. The highest BCUT2D eigenvalue weighted by molar-refractivity contribution is 7.89. The second-order valence-electron chi connectivity index (χ2n) is 6.94. The van der Waals surface area contributed by atoms with Crippen LogP contribution in [0, 0.1) is 0 Å². The molecule has 1 aliphatic carbocycles. The Morgan fingerprint density at radius 2 is 1.73 bits per heavy atom. The molecular weight excluding hydrogens is 350 g/mol. The van der Waals surface area contributed by atoms with Gasteiger partial charge in [-0.1, -0.05) is 18.2 Å². The van der Waals surface area contributed by atoms with Crippen molar-refractivity contribution in [3.05, 3.63) is 54.1 Å². The Labute approximate surface area is 155 Å². The van der Waals surface area contributed by atoms with Crippen molar-refractivity contribution in [2.24, 2.45) is 0 Å². The lowest BCUT2D eigenvalue weighted by atomic mass is 9.95.